The molecule has 0 aromatic rings. The Balaban J connectivity index is 1.92. The highest BCUT2D eigenvalue weighted by Gasteiger charge is 2.53. The van der Waals surface area contributed by atoms with Crippen molar-refractivity contribution in [3.63, 3.8) is 0 Å². The van der Waals surface area contributed by atoms with Gasteiger partial charge in [-0.2, -0.15) is 0 Å². The summed E-state index contributed by atoms with van der Waals surface area (Å²) in [6.45, 7) is 10.4. The van der Waals surface area contributed by atoms with Crippen LogP contribution >= 0.6 is 0 Å². The molecule has 0 heterocycles. The molecule has 0 aromatic heterocycles. The van der Waals surface area contributed by atoms with E-state index in [1.54, 1.807) is 19.3 Å². The smallest absolute Gasteiger partial charge is 0.0241 e. The van der Waals surface area contributed by atoms with Crippen molar-refractivity contribution in [2.75, 3.05) is 0 Å². The zero-order valence-electron chi connectivity index (χ0n) is 13.6. The minimum absolute atomic E-state index is 0.630. The van der Waals surface area contributed by atoms with Crippen molar-refractivity contribution in [3.8, 4) is 0 Å². The lowest BCUT2D eigenvalue weighted by Crippen LogP contribution is -2.50. The SMILES string of the molecule is CC1CCC2CCCC2C1C1(C)C(C)CCCC1C. The first-order chi connectivity index (χ1) is 9.05. The van der Waals surface area contributed by atoms with Gasteiger partial charge in [-0.1, -0.05) is 66.2 Å². The lowest BCUT2D eigenvalue weighted by molar-refractivity contribution is -0.0804. The molecule has 0 aromatic carbocycles. The normalized spacial score (nSPS) is 54.9. The molecule has 3 aliphatic rings. The summed E-state index contributed by atoms with van der Waals surface area (Å²) in [5, 5.41) is 0. The Morgan fingerprint density at radius 2 is 1.37 bits per heavy atom. The molecular weight excluding hydrogens is 228 g/mol. The van der Waals surface area contributed by atoms with E-state index in [2.05, 4.69) is 27.7 Å². The quantitative estimate of drug-likeness (QED) is 0.551. The second-order valence-corrected chi connectivity index (χ2v) is 8.53. The summed E-state index contributed by atoms with van der Waals surface area (Å²) in [4.78, 5) is 0. The Morgan fingerprint density at radius 3 is 2.05 bits per heavy atom. The summed E-state index contributed by atoms with van der Waals surface area (Å²) in [5.74, 6) is 6.08. The number of fused-ring (bicyclic) bond motifs is 1. The van der Waals surface area contributed by atoms with E-state index in [0.717, 1.165) is 35.5 Å². The molecule has 0 nitrogen and oxygen atoms in total. The second kappa shape index (κ2) is 5.08. The van der Waals surface area contributed by atoms with Crippen molar-refractivity contribution in [1.82, 2.24) is 0 Å². The molecule has 0 spiro atoms. The maximum atomic E-state index is 2.68. The van der Waals surface area contributed by atoms with Gasteiger partial charge in [-0.05, 0) is 53.8 Å². The molecule has 0 bridgehead atoms. The summed E-state index contributed by atoms with van der Waals surface area (Å²) >= 11 is 0. The van der Waals surface area contributed by atoms with Crippen LogP contribution in [0.5, 0.6) is 0 Å². The minimum Gasteiger partial charge on any atom is -0.0622 e. The van der Waals surface area contributed by atoms with Crippen LogP contribution < -0.4 is 0 Å². The van der Waals surface area contributed by atoms with Gasteiger partial charge in [-0.15, -0.1) is 0 Å². The van der Waals surface area contributed by atoms with E-state index < -0.39 is 0 Å². The molecule has 3 aliphatic carbocycles. The Bertz CT molecular complexity index is 308. The van der Waals surface area contributed by atoms with E-state index in [-0.39, 0.29) is 0 Å². The molecule has 0 N–H and O–H groups in total. The molecule has 0 aliphatic heterocycles. The molecule has 3 saturated carbocycles. The van der Waals surface area contributed by atoms with Crippen LogP contribution in [0.15, 0.2) is 0 Å². The van der Waals surface area contributed by atoms with E-state index in [9.17, 15) is 0 Å². The fourth-order valence-electron chi connectivity index (χ4n) is 6.54. The topological polar surface area (TPSA) is 0 Å². The van der Waals surface area contributed by atoms with Crippen molar-refractivity contribution in [2.45, 2.75) is 79.1 Å². The van der Waals surface area contributed by atoms with Crippen LogP contribution in [-0.2, 0) is 0 Å². The van der Waals surface area contributed by atoms with Crippen molar-refractivity contribution >= 4 is 0 Å². The summed E-state index contributed by atoms with van der Waals surface area (Å²) in [6.07, 6.45) is 12.1. The Labute approximate surface area is 120 Å². The highest BCUT2D eigenvalue weighted by atomic mass is 14.6. The lowest BCUT2D eigenvalue weighted by atomic mass is 9.48. The molecule has 0 heteroatoms. The van der Waals surface area contributed by atoms with E-state index in [4.69, 9.17) is 0 Å². The highest BCUT2D eigenvalue weighted by molar-refractivity contribution is 5.02. The average Bonchev–Trinajstić information content (AvgIpc) is 2.84. The van der Waals surface area contributed by atoms with Gasteiger partial charge in [-0.3, -0.25) is 0 Å². The molecule has 6 unspecified atom stereocenters. The third-order valence-corrected chi connectivity index (χ3v) is 7.90. The first-order valence-electron chi connectivity index (χ1n) is 9.05. The molecule has 19 heavy (non-hydrogen) atoms. The van der Waals surface area contributed by atoms with E-state index in [1.807, 2.05) is 0 Å². The standard InChI is InChI=1S/C19H34/c1-13-11-12-16-9-6-10-17(16)18(13)19(4)14(2)7-5-8-15(19)3/h13-18H,5-12H2,1-4H3. The Hall–Kier alpha value is 0. The van der Waals surface area contributed by atoms with Crippen molar-refractivity contribution < 1.29 is 0 Å². The van der Waals surface area contributed by atoms with Gasteiger partial charge < -0.3 is 0 Å². The van der Waals surface area contributed by atoms with E-state index in [1.165, 1.54) is 32.1 Å². The van der Waals surface area contributed by atoms with Crippen molar-refractivity contribution in [1.29, 1.82) is 0 Å². The molecule has 6 atom stereocenters. The van der Waals surface area contributed by atoms with Gasteiger partial charge in [0.15, 0.2) is 0 Å². The van der Waals surface area contributed by atoms with Gasteiger partial charge in [0, 0.05) is 0 Å². The maximum absolute atomic E-state index is 2.68. The number of hydrogen-bond donors (Lipinski definition) is 0. The van der Waals surface area contributed by atoms with Crippen LogP contribution in [0.25, 0.3) is 0 Å². The highest BCUT2D eigenvalue weighted by Crippen LogP contribution is 2.61. The third kappa shape index (κ3) is 2.09. The second-order valence-electron chi connectivity index (χ2n) is 8.53. The molecule has 3 rings (SSSR count). The summed E-state index contributed by atoms with van der Waals surface area (Å²) in [6, 6.07) is 0. The van der Waals surface area contributed by atoms with Crippen LogP contribution in [-0.4, -0.2) is 0 Å². The summed E-state index contributed by atoms with van der Waals surface area (Å²) in [5.41, 5.74) is 0.630. The van der Waals surface area contributed by atoms with Gasteiger partial charge in [0.1, 0.15) is 0 Å². The van der Waals surface area contributed by atoms with Crippen LogP contribution in [0.4, 0.5) is 0 Å². The lowest BCUT2D eigenvalue weighted by Gasteiger charge is -2.57. The van der Waals surface area contributed by atoms with E-state index >= 15 is 0 Å². The minimum atomic E-state index is 0.630. The van der Waals surface area contributed by atoms with Crippen molar-refractivity contribution in [3.05, 3.63) is 0 Å². The fraction of sp³-hybridized carbons (Fsp3) is 1.00. The molecular formula is C19H34. The Morgan fingerprint density at radius 1 is 0.737 bits per heavy atom. The van der Waals surface area contributed by atoms with Crippen LogP contribution in [0, 0.1) is 40.9 Å². The fourth-order valence-corrected chi connectivity index (χ4v) is 6.54. The molecule has 0 amide bonds. The predicted molar refractivity (Wildman–Crippen MR) is 83.0 cm³/mol. The molecule has 0 radical (unpaired) electrons. The third-order valence-electron chi connectivity index (χ3n) is 7.90. The number of rotatable bonds is 1. The summed E-state index contributed by atoms with van der Waals surface area (Å²) < 4.78 is 0. The largest absolute Gasteiger partial charge is 0.0622 e. The van der Waals surface area contributed by atoms with E-state index in [0.29, 0.717) is 5.41 Å². The van der Waals surface area contributed by atoms with Gasteiger partial charge in [-0.25, -0.2) is 0 Å². The van der Waals surface area contributed by atoms with Crippen molar-refractivity contribution in [2.24, 2.45) is 40.9 Å². The summed E-state index contributed by atoms with van der Waals surface area (Å²) in [7, 11) is 0. The van der Waals surface area contributed by atoms with Gasteiger partial charge in [0.25, 0.3) is 0 Å². The first kappa shape index (κ1) is 14.0. The monoisotopic (exact) mass is 262 g/mol. The van der Waals surface area contributed by atoms with Crippen LogP contribution in [0.2, 0.25) is 0 Å². The average molecular weight is 262 g/mol. The van der Waals surface area contributed by atoms with Gasteiger partial charge in [0.2, 0.25) is 0 Å². The zero-order valence-corrected chi connectivity index (χ0v) is 13.6. The first-order valence-corrected chi connectivity index (χ1v) is 9.05. The molecule has 0 saturated heterocycles. The van der Waals surface area contributed by atoms with Gasteiger partial charge in [0.05, 0.1) is 0 Å². The molecule has 3 fully saturated rings. The maximum Gasteiger partial charge on any atom is -0.0241 e. The number of hydrogen-bond acceptors (Lipinski definition) is 0. The predicted octanol–water partition coefficient (Wildman–Crippen LogP) is 5.91. The molecule has 110 valence electrons. The van der Waals surface area contributed by atoms with Gasteiger partial charge >= 0.3 is 0 Å². The van der Waals surface area contributed by atoms with Crippen LogP contribution in [0.3, 0.4) is 0 Å². The Kier molecular flexibility index (Phi) is 3.73. The van der Waals surface area contributed by atoms with Crippen LogP contribution in [0.1, 0.15) is 79.1 Å². The zero-order chi connectivity index (χ0) is 13.6.